The highest BCUT2D eigenvalue weighted by Crippen LogP contribution is 2.34. The third-order valence-electron chi connectivity index (χ3n) is 5.77. The fraction of sp³-hybridized carbons (Fsp3) is 0.474. The Balaban J connectivity index is 1.46. The maximum atomic E-state index is 13.3. The molecule has 0 radical (unpaired) electrons. The largest absolute Gasteiger partial charge is 0.381 e. The second-order valence-electron chi connectivity index (χ2n) is 7.32. The third kappa shape index (κ3) is 3.71. The maximum absolute atomic E-state index is 13.3. The van der Waals surface area contributed by atoms with Crippen LogP contribution in [0.4, 0.5) is 5.82 Å². The topological polar surface area (TPSA) is 112 Å². The van der Waals surface area contributed by atoms with Crippen molar-refractivity contribution in [2.45, 2.75) is 17.6 Å². The molecule has 1 amide bonds. The van der Waals surface area contributed by atoms with E-state index in [1.54, 1.807) is 16.8 Å². The second-order valence-corrected chi connectivity index (χ2v) is 10.5. The van der Waals surface area contributed by atoms with Gasteiger partial charge in [0.2, 0.25) is 10.0 Å². The number of sulfonamides is 1. The fourth-order valence-electron chi connectivity index (χ4n) is 3.97. The van der Waals surface area contributed by atoms with Gasteiger partial charge in [-0.05, 0) is 23.6 Å². The van der Waals surface area contributed by atoms with Gasteiger partial charge in [0.05, 0.1) is 0 Å². The van der Waals surface area contributed by atoms with Crippen LogP contribution in [-0.4, -0.2) is 73.0 Å². The highest BCUT2D eigenvalue weighted by molar-refractivity contribution is 7.91. The van der Waals surface area contributed by atoms with Crippen LogP contribution in [0.5, 0.6) is 0 Å². The standard InChI is InChI=1S/C19H24N4O5S2/c24-18(21-25)19(5-11-28-12-6-19)30(26,27)23-9-7-22(8-10-23)17-4-3-15(14-20-17)16-2-1-13-29-16/h1-4,13-14,25H,5-12H2,(H,21,24). The molecule has 4 rings (SSSR count). The molecule has 162 valence electrons. The summed E-state index contributed by atoms with van der Waals surface area (Å²) < 4.78 is 31.6. The van der Waals surface area contributed by atoms with Gasteiger partial charge in [0.15, 0.2) is 4.75 Å². The number of nitrogens with zero attached hydrogens (tertiary/aromatic N) is 3. The van der Waals surface area contributed by atoms with Gasteiger partial charge in [0, 0.05) is 68.9 Å². The Morgan fingerprint density at radius 2 is 1.90 bits per heavy atom. The molecule has 0 aromatic carbocycles. The summed E-state index contributed by atoms with van der Waals surface area (Å²) in [5.41, 5.74) is 2.60. The first-order chi connectivity index (χ1) is 14.5. The van der Waals surface area contributed by atoms with E-state index < -0.39 is 20.7 Å². The van der Waals surface area contributed by atoms with Crippen molar-refractivity contribution in [2.75, 3.05) is 44.3 Å². The van der Waals surface area contributed by atoms with Crippen molar-refractivity contribution in [1.82, 2.24) is 14.8 Å². The first kappa shape index (κ1) is 21.2. The first-order valence-corrected chi connectivity index (χ1v) is 12.1. The Morgan fingerprint density at radius 1 is 1.17 bits per heavy atom. The Labute approximate surface area is 179 Å². The van der Waals surface area contributed by atoms with E-state index in [1.165, 1.54) is 4.31 Å². The zero-order valence-corrected chi connectivity index (χ0v) is 18.0. The number of rotatable bonds is 5. The number of aromatic nitrogens is 1. The van der Waals surface area contributed by atoms with Crippen molar-refractivity contribution in [2.24, 2.45) is 0 Å². The van der Waals surface area contributed by atoms with Gasteiger partial charge in [0.1, 0.15) is 5.82 Å². The van der Waals surface area contributed by atoms with Crippen LogP contribution in [0.15, 0.2) is 35.8 Å². The zero-order chi connectivity index (χ0) is 21.2. The normalized spacial score (nSPS) is 20.1. The molecule has 4 heterocycles. The summed E-state index contributed by atoms with van der Waals surface area (Å²) >= 11 is 1.65. The van der Waals surface area contributed by atoms with Crippen molar-refractivity contribution in [3.8, 4) is 10.4 Å². The van der Waals surface area contributed by atoms with Gasteiger partial charge in [-0.15, -0.1) is 11.3 Å². The maximum Gasteiger partial charge on any atom is 0.266 e. The van der Waals surface area contributed by atoms with Gasteiger partial charge in [-0.1, -0.05) is 6.07 Å². The quantitative estimate of drug-likeness (QED) is 0.520. The lowest BCUT2D eigenvalue weighted by atomic mass is 9.98. The molecule has 11 heteroatoms. The van der Waals surface area contributed by atoms with Crippen LogP contribution in [0.3, 0.4) is 0 Å². The number of hydrogen-bond acceptors (Lipinski definition) is 8. The van der Waals surface area contributed by atoms with Crippen LogP contribution in [0.1, 0.15) is 12.8 Å². The summed E-state index contributed by atoms with van der Waals surface area (Å²) in [6.07, 6.45) is 1.87. The molecule has 0 bridgehead atoms. The van der Waals surface area contributed by atoms with E-state index in [0.717, 1.165) is 16.3 Å². The molecule has 2 aliphatic rings. The number of thiophene rings is 1. The molecule has 0 atom stereocenters. The molecule has 2 saturated heterocycles. The van der Waals surface area contributed by atoms with Gasteiger partial charge >= 0.3 is 0 Å². The van der Waals surface area contributed by atoms with E-state index in [9.17, 15) is 13.2 Å². The van der Waals surface area contributed by atoms with E-state index in [-0.39, 0.29) is 39.1 Å². The van der Waals surface area contributed by atoms with E-state index in [4.69, 9.17) is 9.94 Å². The van der Waals surface area contributed by atoms with E-state index in [1.807, 2.05) is 40.7 Å². The Hall–Kier alpha value is -2.05. The number of carbonyl (C=O) groups is 1. The molecular weight excluding hydrogens is 428 g/mol. The number of hydroxylamine groups is 1. The average molecular weight is 453 g/mol. The third-order valence-corrected chi connectivity index (χ3v) is 9.31. The van der Waals surface area contributed by atoms with Crippen LogP contribution >= 0.6 is 11.3 Å². The summed E-state index contributed by atoms with van der Waals surface area (Å²) in [7, 11) is -3.96. The van der Waals surface area contributed by atoms with Gasteiger partial charge in [0.25, 0.3) is 5.91 Å². The number of anilines is 1. The van der Waals surface area contributed by atoms with E-state index >= 15 is 0 Å². The predicted molar refractivity (Wildman–Crippen MR) is 113 cm³/mol. The van der Waals surface area contributed by atoms with E-state index in [0.29, 0.717) is 13.1 Å². The summed E-state index contributed by atoms with van der Waals surface area (Å²) in [5, 5.41) is 11.2. The van der Waals surface area contributed by atoms with Crippen molar-refractivity contribution >= 4 is 33.1 Å². The van der Waals surface area contributed by atoms with Crippen molar-refractivity contribution in [3.63, 3.8) is 0 Å². The lowest BCUT2D eigenvalue weighted by molar-refractivity contribution is -0.134. The summed E-state index contributed by atoms with van der Waals surface area (Å²) in [6.45, 7) is 1.76. The number of amides is 1. The lowest BCUT2D eigenvalue weighted by Crippen LogP contribution is -2.62. The van der Waals surface area contributed by atoms with Gasteiger partial charge in [-0.2, -0.15) is 4.31 Å². The minimum absolute atomic E-state index is 0.0215. The number of piperazine rings is 1. The van der Waals surface area contributed by atoms with Crippen LogP contribution in [0, 0.1) is 0 Å². The molecule has 0 saturated carbocycles. The smallest absolute Gasteiger partial charge is 0.266 e. The number of carbonyl (C=O) groups excluding carboxylic acids is 1. The fourth-order valence-corrected chi connectivity index (χ4v) is 6.79. The van der Waals surface area contributed by atoms with Crippen molar-refractivity contribution < 1.29 is 23.2 Å². The molecular formula is C19H24N4O5S2. The first-order valence-electron chi connectivity index (χ1n) is 9.75. The van der Waals surface area contributed by atoms with Crippen LogP contribution < -0.4 is 10.4 Å². The van der Waals surface area contributed by atoms with Crippen molar-refractivity contribution in [1.29, 1.82) is 0 Å². The molecule has 30 heavy (non-hydrogen) atoms. The van der Waals surface area contributed by atoms with Crippen LogP contribution in [-0.2, 0) is 19.6 Å². The van der Waals surface area contributed by atoms with Gasteiger partial charge in [-0.25, -0.2) is 18.9 Å². The lowest BCUT2D eigenvalue weighted by Gasteiger charge is -2.41. The minimum Gasteiger partial charge on any atom is -0.381 e. The number of pyridine rings is 1. The monoisotopic (exact) mass is 452 g/mol. The highest BCUT2D eigenvalue weighted by Gasteiger charge is 2.54. The minimum atomic E-state index is -3.96. The van der Waals surface area contributed by atoms with Crippen molar-refractivity contribution in [3.05, 3.63) is 35.8 Å². The number of hydrogen-bond donors (Lipinski definition) is 2. The number of nitrogens with one attached hydrogen (secondary N) is 1. The molecule has 0 aliphatic carbocycles. The number of ether oxygens (including phenoxy) is 1. The second kappa shape index (κ2) is 8.60. The molecule has 9 nitrogen and oxygen atoms in total. The summed E-state index contributed by atoms with van der Waals surface area (Å²) in [5.74, 6) is -0.0969. The molecule has 2 N–H and O–H groups in total. The molecule has 0 spiro atoms. The Kier molecular flexibility index (Phi) is 6.07. The van der Waals surface area contributed by atoms with Crippen LogP contribution in [0.25, 0.3) is 10.4 Å². The molecule has 2 aromatic heterocycles. The van der Waals surface area contributed by atoms with Gasteiger partial charge < -0.3 is 9.64 Å². The molecule has 2 fully saturated rings. The Bertz CT molecular complexity index is 965. The summed E-state index contributed by atoms with van der Waals surface area (Å²) in [4.78, 5) is 20.1. The molecule has 2 aromatic rings. The average Bonchev–Trinajstić information content (AvgIpc) is 3.34. The Morgan fingerprint density at radius 3 is 2.47 bits per heavy atom. The van der Waals surface area contributed by atoms with Gasteiger partial charge in [-0.3, -0.25) is 10.0 Å². The molecule has 0 unspecified atom stereocenters. The molecule has 2 aliphatic heterocycles. The SMILES string of the molecule is O=C(NO)C1(S(=O)(=O)N2CCN(c3ccc(-c4cccs4)cn3)CC2)CCOCC1. The predicted octanol–water partition coefficient (Wildman–Crippen LogP) is 1.32. The highest BCUT2D eigenvalue weighted by atomic mass is 32.2. The van der Waals surface area contributed by atoms with Crippen LogP contribution in [0.2, 0.25) is 0 Å². The zero-order valence-electron chi connectivity index (χ0n) is 16.4. The summed E-state index contributed by atoms with van der Waals surface area (Å²) in [6, 6.07) is 7.99. The van der Waals surface area contributed by atoms with E-state index in [2.05, 4.69) is 4.98 Å².